The van der Waals surface area contributed by atoms with Crippen LogP contribution >= 0.6 is 11.3 Å². The molecule has 0 bridgehead atoms. The number of likely N-dealkylation sites (tertiary alicyclic amines) is 2. The van der Waals surface area contributed by atoms with Crippen LogP contribution in [0.1, 0.15) is 54.3 Å². The third-order valence-electron chi connectivity index (χ3n) is 6.98. The van der Waals surface area contributed by atoms with E-state index in [9.17, 15) is 0 Å². The van der Waals surface area contributed by atoms with Gasteiger partial charge in [-0.3, -0.25) is 9.80 Å². The lowest BCUT2D eigenvalue weighted by Crippen LogP contribution is -2.52. The van der Waals surface area contributed by atoms with Crippen molar-refractivity contribution in [3.63, 3.8) is 0 Å². The molecule has 2 saturated heterocycles. The van der Waals surface area contributed by atoms with Gasteiger partial charge in [0.1, 0.15) is 0 Å². The summed E-state index contributed by atoms with van der Waals surface area (Å²) in [6, 6.07) is 12.2. The molecular formula is C23H31N3S. The predicted molar refractivity (Wildman–Crippen MR) is 112 cm³/mol. The first-order valence-corrected chi connectivity index (χ1v) is 11.5. The maximum atomic E-state index is 4.67. The predicted octanol–water partition coefficient (Wildman–Crippen LogP) is 4.69. The van der Waals surface area contributed by atoms with Gasteiger partial charge < -0.3 is 0 Å². The largest absolute Gasteiger partial charge is 0.299 e. The SMILES string of the molecule is Cc1nc(CN2CCC3(CC2)CC(c2ccccc2)CN(C2CC2)C3)cs1. The fourth-order valence-corrected chi connectivity index (χ4v) is 5.96. The topological polar surface area (TPSA) is 19.4 Å². The molecule has 0 amide bonds. The standard InChI is InChI=1S/C23H31N3S/c1-18-24-21(16-27-18)15-25-11-9-23(10-12-25)13-20(19-5-3-2-4-6-19)14-26(17-23)22-7-8-22/h2-6,16,20,22H,7-15,17H2,1H3. The molecule has 27 heavy (non-hydrogen) atoms. The molecule has 1 unspecified atom stereocenters. The van der Waals surface area contributed by atoms with Gasteiger partial charge >= 0.3 is 0 Å². The van der Waals surface area contributed by atoms with Gasteiger partial charge in [-0.05, 0) is 69.0 Å². The van der Waals surface area contributed by atoms with Gasteiger partial charge in [-0.1, -0.05) is 30.3 Å². The van der Waals surface area contributed by atoms with Crippen LogP contribution in [0.2, 0.25) is 0 Å². The van der Waals surface area contributed by atoms with Crippen molar-refractivity contribution in [3.05, 3.63) is 52.0 Å². The molecule has 1 spiro atoms. The second-order valence-corrected chi connectivity index (χ2v) is 10.2. The lowest BCUT2D eigenvalue weighted by atomic mass is 9.68. The van der Waals surface area contributed by atoms with Gasteiger partial charge in [-0.15, -0.1) is 11.3 Å². The minimum Gasteiger partial charge on any atom is -0.299 e. The van der Waals surface area contributed by atoms with Crippen LogP contribution in [-0.2, 0) is 6.54 Å². The minimum atomic E-state index is 0.524. The number of aromatic nitrogens is 1. The number of thiazole rings is 1. The molecule has 3 fully saturated rings. The van der Waals surface area contributed by atoms with Crippen LogP contribution in [0.4, 0.5) is 0 Å². The highest BCUT2D eigenvalue weighted by Crippen LogP contribution is 2.47. The fraction of sp³-hybridized carbons (Fsp3) is 0.609. The molecule has 0 radical (unpaired) electrons. The van der Waals surface area contributed by atoms with E-state index in [-0.39, 0.29) is 0 Å². The lowest BCUT2D eigenvalue weighted by molar-refractivity contribution is 0.00806. The second-order valence-electron chi connectivity index (χ2n) is 9.11. The number of hydrogen-bond acceptors (Lipinski definition) is 4. The van der Waals surface area contributed by atoms with Crippen molar-refractivity contribution in [1.29, 1.82) is 0 Å². The van der Waals surface area contributed by atoms with E-state index in [0.717, 1.165) is 12.6 Å². The zero-order valence-corrected chi connectivity index (χ0v) is 17.3. The van der Waals surface area contributed by atoms with Crippen molar-refractivity contribution in [2.24, 2.45) is 5.41 Å². The van der Waals surface area contributed by atoms with Crippen LogP contribution in [-0.4, -0.2) is 47.0 Å². The Labute approximate surface area is 167 Å². The monoisotopic (exact) mass is 381 g/mol. The zero-order chi connectivity index (χ0) is 18.3. The molecule has 144 valence electrons. The summed E-state index contributed by atoms with van der Waals surface area (Å²) in [6.45, 7) is 8.22. The van der Waals surface area contributed by atoms with Gasteiger partial charge in [0.15, 0.2) is 0 Å². The van der Waals surface area contributed by atoms with Crippen molar-refractivity contribution in [2.45, 2.75) is 57.5 Å². The molecule has 4 heteroatoms. The summed E-state index contributed by atoms with van der Waals surface area (Å²) in [5.41, 5.74) is 3.34. The van der Waals surface area contributed by atoms with Gasteiger partial charge in [0.2, 0.25) is 0 Å². The van der Waals surface area contributed by atoms with Crippen molar-refractivity contribution < 1.29 is 0 Å². The number of nitrogens with zero attached hydrogens (tertiary/aromatic N) is 3. The molecule has 2 aromatic rings. The highest BCUT2D eigenvalue weighted by Gasteiger charge is 2.45. The van der Waals surface area contributed by atoms with Gasteiger partial charge in [0.25, 0.3) is 0 Å². The van der Waals surface area contributed by atoms with E-state index in [0.29, 0.717) is 11.3 Å². The summed E-state index contributed by atoms with van der Waals surface area (Å²) in [5.74, 6) is 0.716. The number of piperidine rings is 2. The molecule has 3 aliphatic rings. The summed E-state index contributed by atoms with van der Waals surface area (Å²) in [5, 5.41) is 3.43. The van der Waals surface area contributed by atoms with Gasteiger partial charge in [-0.2, -0.15) is 0 Å². The number of rotatable bonds is 4. The molecule has 1 saturated carbocycles. The van der Waals surface area contributed by atoms with E-state index in [4.69, 9.17) is 0 Å². The Morgan fingerprint density at radius 2 is 1.93 bits per heavy atom. The van der Waals surface area contributed by atoms with E-state index in [1.807, 2.05) is 0 Å². The third kappa shape index (κ3) is 3.98. The van der Waals surface area contributed by atoms with E-state index < -0.39 is 0 Å². The van der Waals surface area contributed by atoms with Crippen molar-refractivity contribution in [3.8, 4) is 0 Å². The number of benzene rings is 1. The summed E-state index contributed by atoms with van der Waals surface area (Å²) >= 11 is 1.78. The Hall–Kier alpha value is -1.23. The van der Waals surface area contributed by atoms with E-state index in [2.05, 4.69) is 57.4 Å². The van der Waals surface area contributed by atoms with E-state index in [1.165, 1.54) is 69.0 Å². The van der Waals surface area contributed by atoms with E-state index >= 15 is 0 Å². The average molecular weight is 382 g/mol. The lowest BCUT2D eigenvalue weighted by Gasteiger charge is -2.50. The molecule has 1 atom stereocenters. The zero-order valence-electron chi connectivity index (χ0n) is 16.4. The normalized spacial score (nSPS) is 26.5. The Morgan fingerprint density at radius 1 is 1.15 bits per heavy atom. The number of aryl methyl sites for hydroxylation is 1. The highest BCUT2D eigenvalue weighted by molar-refractivity contribution is 7.09. The summed E-state index contributed by atoms with van der Waals surface area (Å²) < 4.78 is 0. The molecule has 5 rings (SSSR count). The van der Waals surface area contributed by atoms with Gasteiger partial charge in [0, 0.05) is 31.1 Å². The van der Waals surface area contributed by atoms with Crippen molar-refractivity contribution in [1.82, 2.24) is 14.8 Å². The van der Waals surface area contributed by atoms with Crippen LogP contribution < -0.4 is 0 Å². The van der Waals surface area contributed by atoms with Gasteiger partial charge in [0.05, 0.1) is 10.7 Å². The fourth-order valence-electron chi connectivity index (χ4n) is 5.35. The quantitative estimate of drug-likeness (QED) is 0.766. The van der Waals surface area contributed by atoms with Crippen LogP contribution in [0.15, 0.2) is 35.7 Å². The Kier molecular flexibility index (Phi) is 4.83. The average Bonchev–Trinajstić information content (AvgIpc) is 3.47. The molecule has 3 heterocycles. The summed E-state index contributed by atoms with van der Waals surface area (Å²) in [7, 11) is 0. The van der Waals surface area contributed by atoms with Crippen LogP contribution in [0.3, 0.4) is 0 Å². The smallest absolute Gasteiger partial charge is 0.0897 e. The first-order valence-electron chi connectivity index (χ1n) is 10.6. The van der Waals surface area contributed by atoms with Crippen LogP contribution in [0.5, 0.6) is 0 Å². The van der Waals surface area contributed by atoms with Crippen molar-refractivity contribution in [2.75, 3.05) is 26.2 Å². The molecule has 3 nitrogen and oxygen atoms in total. The van der Waals surface area contributed by atoms with Crippen LogP contribution in [0.25, 0.3) is 0 Å². The second kappa shape index (κ2) is 7.31. The molecule has 1 aliphatic carbocycles. The Morgan fingerprint density at radius 3 is 2.59 bits per heavy atom. The maximum Gasteiger partial charge on any atom is 0.0897 e. The highest BCUT2D eigenvalue weighted by atomic mass is 32.1. The molecular weight excluding hydrogens is 350 g/mol. The Balaban J connectivity index is 1.28. The minimum absolute atomic E-state index is 0.524. The number of hydrogen-bond donors (Lipinski definition) is 0. The van der Waals surface area contributed by atoms with Crippen LogP contribution in [0, 0.1) is 12.3 Å². The van der Waals surface area contributed by atoms with Crippen molar-refractivity contribution >= 4 is 11.3 Å². The Bertz CT molecular complexity index is 759. The molecule has 1 aromatic heterocycles. The summed E-state index contributed by atoms with van der Waals surface area (Å²) in [4.78, 5) is 10.2. The third-order valence-corrected chi connectivity index (χ3v) is 7.80. The van der Waals surface area contributed by atoms with E-state index in [1.54, 1.807) is 16.9 Å². The first-order chi connectivity index (χ1) is 13.2. The molecule has 0 N–H and O–H groups in total. The van der Waals surface area contributed by atoms with Gasteiger partial charge in [-0.25, -0.2) is 4.98 Å². The first kappa shape index (κ1) is 17.8. The maximum absolute atomic E-state index is 4.67. The summed E-state index contributed by atoms with van der Waals surface area (Å²) in [6.07, 6.45) is 6.93. The molecule has 2 aliphatic heterocycles. The molecule has 1 aromatic carbocycles.